The summed E-state index contributed by atoms with van der Waals surface area (Å²) in [5.74, 6) is -0.0833. The highest BCUT2D eigenvalue weighted by atomic mass is 35.5. The van der Waals surface area contributed by atoms with E-state index in [4.69, 9.17) is 16.3 Å². The van der Waals surface area contributed by atoms with E-state index in [9.17, 15) is 4.79 Å². The van der Waals surface area contributed by atoms with Crippen LogP contribution in [-0.2, 0) is 4.74 Å². The van der Waals surface area contributed by atoms with Crippen molar-refractivity contribution in [2.75, 3.05) is 19.7 Å². The minimum absolute atomic E-state index is 0.0833. The van der Waals surface area contributed by atoms with Gasteiger partial charge in [-0.2, -0.15) is 5.10 Å². The number of ether oxygens (including phenoxy) is 1. The Hall–Kier alpha value is -2.70. The number of morpholine rings is 1. The number of rotatable bonds is 3. The molecule has 1 aromatic carbocycles. The number of carbonyl (C=O) groups is 1. The van der Waals surface area contributed by atoms with E-state index < -0.39 is 0 Å². The van der Waals surface area contributed by atoms with Gasteiger partial charge in [0.25, 0.3) is 5.91 Å². The summed E-state index contributed by atoms with van der Waals surface area (Å²) in [6.07, 6.45) is 3.24. The Morgan fingerprint density at radius 1 is 1.19 bits per heavy atom. The maximum atomic E-state index is 12.8. The molecule has 2 aromatic heterocycles. The Morgan fingerprint density at radius 2 is 1.96 bits per heavy atom. The van der Waals surface area contributed by atoms with E-state index in [2.05, 4.69) is 15.2 Å². The summed E-state index contributed by atoms with van der Waals surface area (Å²) in [6.45, 7) is 1.53. The van der Waals surface area contributed by atoms with Crippen LogP contribution in [0.1, 0.15) is 22.2 Å². The molecule has 6 nitrogen and oxygen atoms in total. The Bertz CT molecular complexity index is 895. The molecule has 4 rings (SSSR count). The van der Waals surface area contributed by atoms with Gasteiger partial charge in [0.1, 0.15) is 11.8 Å². The number of halogens is 1. The van der Waals surface area contributed by atoms with Crippen LogP contribution in [0.25, 0.3) is 11.3 Å². The van der Waals surface area contributed by atoms with Gasteiger partial charge in [0.15, 0.2) is 0 Å². The highest BCUT2D eigenvalue weighted by Gasteiger charge is 2.27. The molecule has 7 heteroatoms. The molecule has 1 fully saturated rings. The van der Waals surface area contributed by atoms with Crippen LogP contribution in [0.3, 0.4) is 0 Å². The molecule has 0 saturated carbocycles. The number of benzene rings is 1. The van der Waals surface area contributed by atoms with Gasteiger partial charge in [0.2, 0.25) is 0 Å². The van der Waals surface area contributed by atoms with E-state index in [1.54, 1.807) is 23.4 Å². The zero-order chi connectivity index (χ0) is 17.9. The van der Waals surface area contributed by atoms with Crippen molar-refractivity contribution in [3.05, 3.63) is 71.1 Å². The molecule has 0 aliphatic carbocycles. The molecule has 0 spiro atoms. The first-order valence-corrected chi connectivity index (χ1v) is 8.70. The third kappa shape index (κ3) is 3.47. The first-order chi connectivity index (χ1) is 12.7. The highest BCUT2D eigenvalue weighted by molar-refractivity contribution is 6.30. The predicted octanol–water partition coefficient (Wildman–Crippen LogP) is 3.34. The Kier molecular flexibility index (Phi) is 4.69. The standard InChI is InChI=1S/C19H17ClN4O2/c20-15-3-1-14(2-4-15)18-12-24(9-10-26-18)19(25)17-11-16(22-23-17)13-5-7-21-8-6-13/h1-8,11,18H,9-10,12H2,(H,22,23). The van der Waals surface area contributed by atoms with Crippen molar-refractivity contribution in [3.8, 4) is 11.3 Å². The van der Waals surface area contributed by atoms with Crippen molar-refractivity contribution in [1.82, 2.24) is 20.1 Å². The maximum Gasteiger partial charge on any atom is 0.272 e. The van der Waals surface area contributed by atoms with Crippen molar-refractivity contribution in [1.29, 1.82) is 0 Å². The first-order valence-electron chi connectivity index (χ1n) is 8.33. The SMILES string of the molecule is O=C(c1cc(-c2ccncc2)n[nH]1)N1CCOC(c2ccc(Cl)cc2)C1. The molecule has 26 heavy (non-hydrogen) atoms. The van der Waals surface area contributed by atoms with E-state index in [1.165, 1.54) is 0 Å². The fraction of sp³-hybridized carbons (Fsp3) is 0.211. The number of nitrogens with one attached hydrogen (secondary N) is 1. The van der Waals surface area contributed by atoms with Crippen molar-refractivity contribution >= 4 is 17.5 Å². The van der Waals surface area contributed by atoms with Crippen molar-refractivity contribution < 1.29 is 9.53 Å². The quantitative estimate of drug-likeness (QED) is 0.769. The molecule has 1 saturated heterocycles. The number of nitrogens with zero attached hydrogens (tertiary/aromatic N) is 3. The lowest BCUT2D eigenvalue weighted by Gasteiger charge is -2.33. The molecular formula is C19H17ClN4O2. The van der Waals surface area contributed by atoms with Crippen LogP contribution in [0.15, 0.2) is 54.9 Å². The second-order valence-electron chi connectivity index (χ2n) is 6.06. The Balaban J connectivity index is 1.49. The monoisotopic (exact) mass is 368 g/mol. The second kappa shape index (κ2) is 7.27. The summed E-state index contributed by atoms with van der Waals surface area (Å²) in [6, 6.07) is 13.0. The molecule has 0 bridgehead atoms. The van der Waals surface area contributed by atoms with Gasteiger partial charge in [-0.3, -0.25) is 14.9 Å². The molecule has 1 aliphatic rings. The fourth-order valence-corrected chi connectivity index (χ4v) is 3.11. The molecule has 3 aromatic rings. The number of hydrogen-bond donors (Lipinski definition) is 1. The van der Waals surface area contributed by atoms with Gasteiger partial charge < -0.3 is 9.64 Å². The van der Waals surface area contributed by atoms with Gasteiger partial charge >= 0.3 is 0 Å². The predicted molar refractivity (Wildman–Crippen MR) is 97.9 cm³/mol. The van der Waals surface area contributed by atoms with E-state index >= 15 is 0 Å². The average Bonchev–Trinajstić information content (AvgIpc) is 3.19. The highest BCUT2D eigenvalue weighted by Crippen LogP contribution is 2.25. The maximum absolute atomic E-state index is 12.8. The molecule has 1 amide bonds. The summed E-state index contributed by atoms with van der Waals surface area (Å²) in [7, 11) is 0. The summed E-state index contributed by atoms with van der Waals surface area (Å²) >= 11 is 5.94. The first kappa shape index (κ1) is 16.8. The lowest BCUT2D eigenvalue weighted by molar-refractivity contribution is -0.0230. The number of H-pyrrole nitrogens is 1. The molecule has 1 N–H and O–H groups in total. The molecule has 3 heterocycles. The van der Waals surface area contributed by atoms with Crippen LogP contribution >= 0.6 is 11.6 Å². The normalized spacial score (nSPS) is 17.3. The zero-order valence-electron chi connectivity index (χ0n) is 13.9. The fourth-order valence-electron chi connectivity index (χ4n) is 2.99. The minimum atomic E-state index is -0.160. The number of amides is 1. The van der Waals surface area contributed by atoms with Crippen LogP contribution in [0.2, 0.25) is 5.02 Å². The third-order valence-electron chi connectivity index (χ3n) is 4.38. The van der Waals surface area contributed by atoms with Gasteiger partial charge in [0, 0.05) is 29.5 Å². The third-order valence-corrected chi connectivity index (χ3v) is 4.63. The molecular weight excluding hydrogens is 352 g/mol. The van der Waals surface area contributed by atoms with E-state index in [-0.39, 0.29) is 12.0 Å². The summed E-state index contributed by atoms with van der Waals surface area (Å²) < 4.78 is 5.82. The Labute approximate surface area is 155 Å². The second-order valence-corrected chi connectivity index (χ2v) is 6.50. The van der Waals surface area contributed by atoms with E-state index in [0.717, 1.165) is 16.8 Å². The largest absolute Gasteiger partial charge is 0.370 e. The number of hydrogen-bond acceptors (Lipinski definition) is 4. The van der Waals surface area contributed by atoms with Gasteiger partial charge in [-0.25, -0.2) is 0 Å². The summed E-state index contributed by atoms with van der Waals surface area (Å²) in [5.41, 5.74) is 3.11. The van der Waals surface area contributed by atoms with E-state index in [0.29, 0.717) is 30.4 Å². The summed E-state index contributed by atoms with van der Waals surface area (Å²) in [4.78, 5) is 18.6. The average molecular weight is 369 g/mol. The molecule has 132 valence electrons. The van der Waals surface area contributed by atoms with Crippen LogP contribution in [-0.4, -0.2) is 45.7 Å². The van der Waals surface area contributed by atoms with Crippen molar-refractivity contribution in [3.63, 3.8) is 0 Å². The Morgan fingerprint density at radius 3 is 2.73 bits per heavy atom. The number of aromatic amines is 1. The van der Waals surface area contributed by atoms with Crippen molar-refractivity contribution in [2.45, 2.75) is 6.10 Å². The lowest BCUT2D eigenvalue weighted by Crippen LogP contribution is -2.42. The van der Waals surface area contributed by atoms with Gasteiger partial charge in [0.05, 0.1) is 18.8 Å². The van der Waals surface area contributed by atoms with Crippen LogP contribution in [0.5, 0.6) is 0 Å². The van der Waals surface area contributed by atoms with Crippen LogP contribution in [0, 0.1) is 0 Å². The van der Waals surface area contributed by atoms with Crippen LogP contribution < -0.4 is 0 Å². The van der Waals surface area contributed by atoms with E-state index in [1.807, 2.05) is 36.4 Å². The number of pyridine rings is 1. The zero-order valence-corrected chi connectivity index (χ0v) is 14.7. The molecule has 0 radical (unpaired) electrons. The topological polar surface area (TPSA) is 71.1 Å². The molecule has 1 aliphatic heterocycles. The van der Waals surface area contributed by atoms with Crippen LogP contribution in [0.4, 0.5) is 0 Å². The number of carbonyl (C=O) groups excluding carboxylic acids is 1. The van der Waals surface area contributed by atoms with Crippen molar-refractivity contribution in [2.24, 2.45) is 0 Å². The number of aromatic nitrogens is 3. The molecule has 1 atom stereocenters. The van der Waals surface area contributed by atoms with Gasteiger partial charge in [-0.05, 0) is 35.9 Å². The minimum Gasteiger partial charge on any atom is -0.370 e. The van der Waals surface area contributed by atoms with Gasteiger partial charge in [-0.1, -0.05) is 23.7 Å². The summed E-state index contributed by atoms with van der Waals surface area (Å²) in [5, 5.41) is 7.77. The molecule has 1 unspecified atom stereocenters. The van der Waals surface area contributed by atoms with Gasteiger partial charge in [-0.15, -0.1) is 0 Å². The lowest BCUT2D eigenvalue weighted by atomic mass is 10.1. The smallest absolute Gasteiger partial charge is 0.272 e.